The van der Waals surface area contributed by atoms with Gasteiger partial charge in [-0.25, -0.2) is 0 Å². The predicted molar refractivity (Wildman–Crippen MR) is 60.9 cm³/mol. The van der Waals surface area contributed by atoms with Gasteiger partial charge in [0, 0.05) is 6.04 Å². The highest BCUT2D eigenvalue weighted by molar-refractivity contribution is 5.78. The van der Waals surface area contributed by atoms with Crippen molar-refractivity contribution >= 4 is 5.97 Å². The molecule has 1 saturated carbocycles. The minimum absolute atomic E-state index is 0.396. The van der Waals surface area contributed by atoms with Gasteiger partial charge in [0.15, 0.2) is 0 Å². The lowest BCUT2D eigenvalue weighted by molar-refractivity contribution is -0.144. The predicted octanol–water partition coefficient (Wildman–Crippen LogP) is 2.41. The van der Waals surface area contributed by atoms with E-state index in [4.69, 9.17) is 0 Å². The Morgan fingerprint density at radius 2 is 2.20 bits per heavy atom. The maximum absolute atomic E-state index is 11.2. The lowest BCUT2D eigenvalue weighted by Crippen LogP contribution is -2.53. The second kappa shape index (κ2) is 4.97. The molecule has 1 rings (SSSR count). The third kappa shape index (κ3) is 3.20. The van der Waals surface area contributed by atoms with E-state index in [1.807, 2.05) is 13.8 Å². The average Bonchev–Trinajstić information content (AvgIpc) is 2.51. The van der Waals surface area contributed by atoms with E-state index in [9.17, 15) is 9.90 Å². The molecule has 0 aromatic heterocycles. The Labute approximate surface area is 92.3 Å². The Kier molecular flexibility index (Phi) is 4.14. The fourth-order valence-electron chi connectivity index (χ4n) is 2.53. The topological polar surface area (TPSA) is 49.3 Å². The van der Waals surface area contributed by atoms with E-state index in [0.29, 0.717) is 12.5 Å². The minimum Gasteiger partial charge on any atom is -0.480 e. The van der Waals surface area contributed by atoms with Crippen LogP contribution in [0.3, 0.4) is 0 Å². The highest BCUT2D eigenvalue weighted by Crippen LogP contribution is 2.27. The normalized spacial score (nSPS) is 30.1. The molecule has 3 heteroatoms. The van der Waals surface area contributed by atoms with Gasteiger partial charge in [-0.15, -0.1) is 0 Å². The molecule has 1 fully saturated rings. The van der Waals surface area contributed by atoms with E-state index in [1.165, 1.54) is 6.42 Å². The van der Waals surface area contributed by atoms with Crippen molar-refractivity contribution in [2.45, 2.75) is 64.5 Å². The number of nitrogens with one attached hydrogen (secondary N) is 1. The monoisotopic (exact) mass is 213 g/mol. The van der Waals surface area contributed by atoms with Gasteiger partial charge in [0.1, 0.15) is 5.54 Å². The summed E-state index contributed by atoms with van der Waals surface area (Å²) in [7, 11) is 0. The standard InChI is InChI=1S/C12H23NO2/c1-4-7-12(3,11(14)15)13-10-6-5-9(2)8-10/h9-10,13H,4-8H2,1-3H3,(H,14,15). The zero-order chi connectivity index (χ0) is 11.5. The quantitative estimate of drug-likeness (QED) is 0.737. The van der Waals surface area contributed by atoms with E-state index in [1.54, 1.807) is 0 Å². The molecule has 0 heterocycles. The highest BCUT2D eigenvalue weighted by Gasteiger charge is 2.35. The average molecular weight is 213 g/mol. The van der Waals surface area contributed by atoms with Crippen LogP contribution in [0, 0.1) is 5.92 Å². The van der Waals surface area contributed by atoms with Gasteiger partial charge in [0.05, 0.1) is 0 Å². The van der Waals surface area contributed by atoms with E-state index in [0.717, 1.165) is 25.2 Å². The van der Waals surface area contributed by atoms with E-state index in [-0.39, 0.29) is 0 Å². The largest absolute Gasteiger partial charge is 0.480 e. The summed E-state index contributed by atoms with van der Waals surface area (Å²) in [5.41, 5.74) is -0.733. The molecule has 0 radical (unpaired) electrons. The van der Waals surface area contributed by atoms with Crippen molar-refractivity contribution < 1.29 is 9.90 Å². The van der Waals surface area contributed by atoms with Crippen LogP contribution in [0.2, 0.25) is 0 Å². The number of aliphatic carboxylic acids is 1. The Bertz CT molecular complexity index is 230. The van der Waals surface area contributed by atoms with E-state index >= 15 is 0 Å². The Balaban J connectivity index is 2.55. The summed E-state index contributed by atoms with van der Waals surface area (Å²) >= 11 is 0. The Morgan fingerprint density at radius 3 is 2.60 bits per heavy atom. The lowest BCUT2D eigenvalue weighted by Gasteiger charge is -2.29. The Hall–Kier alpha value is -0.570. The van der Waals surface area contributed by atoms with Crippen LogP contribution in [0.15, 0.2) is 0 Å². The molecule has 88 valence electrons. The zero-order valence-corrected chi connectivity index (χ0v) is 10.0. The second-order valence-corrected chi connectivity index (χ2v) is 5.15. The Morgan fingerprint density at radius 1 is 1.53 bits per heavy atom. The van der Waals surface area contributed by atoms with Crippen LogP contribution in [-0.4, -0.2) is 22.7 Å². The first-order chi connectivity index (χ1) is 6.98. The van der Waals surface area contributed by atoms with Gasteiger partial charge < -0.3 is 5.11 Å². The van der Waals surface area contributed by atoms with Gasteiger partial charge in [-0.05, 0) is 38.5 Å². The van der Waals surface area contributed by atoms with Crippen LogP contribution in [0.5, 0.6) is 0 Å². The fourth-order valence-corrected chi connectivity index (χ4v) is 2.53. The summed E-state index contributed by atoms with van der Waals surface area (Å²) in [4.78, 5) is 11.2. The summed E-state index contributed by atoms with van der Waals surface area (Å²) in [5, 5.41) is 12.6. The van der Waals surface area contributed by atoms with Gasteiger partial charge in [-0.3, -0.25) is 10.1 Å². The van der Waals surface area contributed by atoms with Crippen molar-refractivity contribution in [1.82, 2.24) is 5.32 Å². The molecule has 0 aliphatic heterocycles. The summed E-state index contributed by atoms with van der Waals surface area (Å²) < 4.78 is 0. The molecule has 0 bridgehead atoms. The van der Waals surface area contributed by atoms with Crippen LogP contribution >= 0.6 is 0 Å². The first-order valence-electron chi connectivity index (χ1n) is 5.99. The molecule has 2 N–H and O–H groups in total. The van der Waals surface area contributed by atoms with Gasteiger partial charge in [-0.2, -0.15) is 0 Å². The highest BCUT2D eigenvalue weighted by atomic mass is 16.4. The first kappa shape index (κ1) is 12.5. The van der Waals surface area contributed by atoms with Crippen molar-refractivity contribution in [2.24, 2.45) is 5.92 Å². The zero-order valence-electron chi connectivity index (χ0n) is 10.0. The summed E-state index contributed by atoms with van der Waals surface area (Å²) in [6.07, 6.45) is 5.06. The summed E-state index contributed by atoms with van der Waals surface area (Å²) in [5.74, 6) is 0.0195. The van der Waals surface area contributed by atoms with E-state index in [2.05, 4.69) is 12.2 Å². The molecule has 0 saturated heterocycles. The molecule has 0 spiro atoms. The maximum Gasteiger partial charge on any atom is 0.323 e. The molecule has 15 heavy (non-hydrogen) atoms. The molecule has 3 unspecified atom stereocenters. The first-order valence-corrected chi connectivity index (χ1v) is 5.99. The summed E-state index contributed by atoms with van der Waals surface area (Å²) in [6.45, 7) is 6.07. The molecule has 0 amide bonds. The third-order valence-electron chi connectivity index (χ3n) is 3.44. The molecule has 3 atom stereocenters. The SMILES string of the molecule is CCCC(C)(NC1CCC(C)C1)C(=O)O. The maximum atomic E-state index is 11.2. The molecule has 0 aromatic carbocycles. The lowest BCUT2D eigenvalue weighted by atomic mass is 9.94. The van der Waals surface area contributed by atoms with Crippen LogP contribution in [-0.2, 0) is 4.79 Å². The number of rotatable bonds is 5. The van der Waals surface area contributed by atoms with E-state index < -0.39 is 11.5 Å². The van der Waals surface area contributed by atoms with Crippen LogP contribution in [0.25, 0.3) is 0 Å². The number of carboxylic acid groups (broad SMARTS) is 1. The van der Waals surface area contributed by atoms with Gasteiger partial charge >= 0.3 is 5.97 Å². The fraction of sp³-hybridized carbons (Fsp3) is 0.917. The number of hydrogen-bond acceptors (Lipinski definition) is 2. The van der Waals surface area contributed by atoms with Gasteiger partial charge in [-0.1, -0.05) is 20.3 Å². The molecule has 1 aliphatic carbocycles. The van der Waals surface area contributed by atoms with Crippen molar-refractivity contribution in [2.75, 3.05) is 0 Å². The molecule has 0 aromatic rings. The molecule has 1 aliphatic rings. The third-order valence-corrected chi connectivity index (χ3v) is 3.44. The van der Waals surface area contributed by atoms with Crippen LogP contribution in [0.1, 0.15) is 52.9 Å². The van der Waals surface area contributed by atoms with Crippen LogP contribution in [0.4, 0.5) is 0 Å². The van der Waals surface area contributed by atoms with Crippen molar-refractivity contribution in [1.29, 1.82) is 0 Å². The number of carboxylic acids is 1. The molecule has 3 nitrogen and oxygen atoms in total. The molecular weight excluding hydrogens is 190 g/mol. The second-order valence-electron chi connectivity index (χ2n) is 5.15. The van der Waals surface area contributed by atoms with Crippen LogP contribution < -0.4 is 5.32 Å². The van der Waals surface area contributed by atoms with Crippen molar-refractivity contribution in [3.63, 3.8) is 0 Å². The number of carbonyl (C=O) groups is 1. The minimum atomic E-state index is -0.733. The van der Waals surface area contributed by atoms with Gasteiger partial charge in [0.2, 0.25) is 0 Å². The van der Waals surface area contributed by atoms with Gasteiger partial charge in [0.25, 0.3) is 0 Å². The van der Waals surface area contributed by atoms with Crippen molar-refractivity contribution in [3.05, 3.63) is 0 Å². The molecular formula is C12H23NO2. The van der Waals surface area contributed by atoms with Crippen molar-refractivity contribution in [3.8, 4) is 0 Å². The summed E-state index contributed by atoms with van der Waals surface area (Å²) in [6, 6.07) is 0.396. The number of hydrogen-bond donors (Lipinski definition) is 2. The smallest absolute Gasteiger partial charge is 0.323 e.